The monoisotopic (exact) mass is 236 g/mol. The maximum atomic E-state index is 11.0. The van der Waals surface area contributed by atoms with E-state index < -0.39 is 0 Å². The molecule has 1 heterocycles. The Kier molecular flexibility index (Phi) is 3.58. The zero-order valence-electron chi connectivity index (χ0n) is 9.81. The third-order valence-corrected chi connectivity index (χ3v) is 2.93. The van der Waals surface area contributed by atoms with E-state index in [2.05, 4.69) is 5.32 Å². The van der Waals surface area contributed by atoms with Crippen LogP contribution >= 0.6 is 0 Å². The molecule has 1 aliphatic heterocycles. The first-order valence-electron chi connectivity index (χ1n) is 5.76. The average Bonchev–Trinajstić information content (AvgIpc) is 2.32. The summed E-state index contributed by atoms with van der Waals surface area (Å²) >= 11 is 0. The molecule has 17 heavy (non-hydrogen) atoms. The maximum Gasteiger partial charge on any atom is 0.292 e. The van der Waals surface area contributed by atoms with Crippen LogP contribution in [0.4, 0.5) is 11.4 Å². The van der Waals surface area contributed by atoms with Gasteiger partial charge in [-0.05, 0) is 31.4 Å². The molecule has 1 aromatic carbocycles. The molecular weight excluding hydrogens is 220 g/mol. The molecule has 5 nitrogen and oxygen atoms in total. The molecule has 0 unspecified atom stereocenters. The van der Waals surface area contributed by atoms with Crippen molar-refractivity contribution in [3.63, 3.8) is 0 Å². The van der Waals surface area contributed by atoms with Crippen molar-refractivity contribution in [3.05, 3.63) is 33.9 Å². The highest BCUT2D eigenvalue weighted by Crippen LogP contribution is 2.27. The topological polar surface area (TPSA) is 64.4 Å². The van der Waals surface area contributed by atoms with Crippen molar-refractivity contribution < 1.29 is 9.66 Å². The third-order valence-electron chi connectivity index (χ3n) is 2.93. The lowest BCUT2D eigenvalue weighted by molar-refractivity contribution is -0.384. The minimum Gasteiger partial charge on any atom is -0.381 e. The van der Waals surface area contributed by atoms with Crippen LogP contribution in [0.25, 0.3) is 0 Å². The van der Waals surface area contributed by atoms with E-state index in [0.717, 1.165) is 31.6 Å². The van der Waals surface area contributed by atoms with Gasteiger partial charge in [0.1, 0.15) is 5.69 Å². The smallest absolute Gasteiger partial charge is 0.292 e. The van der Waals surface area contributed by atoms with E-state index in [4.69, 9.17) is 4.74 Å². The lowest BCUT2D eigenvalue weighted by Gasteiger charge is -2.24. The first-order chi connectivity index (χ1) is 8.16. The van der Waals surface area contributed by atoms with E-state index in [0.29, 0.717) is 5.69 Å². The number of nitro groups is 1. The van der Waals surface area contributed by atoms with Crippen molar-refractivity contribution in [2.45, 2.75) is 25.8 Å². The van der Waals surface area contributed by atoms with Crippen LogP contribution in [0.1, 0.15) is 18.4 Å². The molecule has 0 bridgehead atoms. The normalized spacial score (nSPS) is 16.8. The fourth-order valence-electron chi connectivity index (χ4n) is 1.98. The second-order valence-corrected chi connectivity index (χ2v) is 4.31. The number of ether oxygens (including phenoxy) is 1. The molecule has 1 aliphatic rings. The summed E-state index contributed by atoms with van der Waals surface area (Å²) in [5, 5.41) is 14.2. The highest BCUT2D eigenvalue weighted by atomic mass is 16.6. The maximum absolute atomic E-state index is 11.0. The van der Waals surface area contributed by atoms with Crippen LogP contribution in [0.15, 0.2) is 18.2 Å². The Morgan fingerprint density at radius 1 is 1.41 bits per heavy atom. The first kappa shape index (κ1) is 11.9. The van der Waals surface area contributed by atoms with Gasteiger partial charge in [0.05, 0.1) is 4.92 Å². The molecule has 1 aromatic rings. The van der Waals surface area contributed by atoms with Gasteiger partial charge in [0.25, 0.3) is 5.69 Å². The number of anilines is 1. The van der Waals surface area contributed by atoms with E-state index in [1.165, 1.54) is 0 Å². The summed E-state index contributed by atoms with van der Waals surface area (Å²) in [5.74, 6) is 0. The van der Waals surface area contributed by atoms with Gasteiger partial charge >= 0.3 is 0 Å². The summed E-state index contributed by atoms with van der Waals surface area (Å²) in [5.41, 5.74) is 1.65. The molecule has 0 aliphatic carbocycles. The van der Waals surface area contributed by atoms with Gasteiger partial charge in [-0.25, -0.2) is 0 Å². The molecule has 92 valence electrons. The average molecular weight is 236 g/mol. The van der Waals surface area contributed by atoms with Gasteiger partial charge in [-0.15, -0.1) is 0 Å². The van der Waals surface area contributed by atoms with Gasteiger partial charge in [0.15, 0.2) is 0 Å². The van der Waals surface area contributed by atoms with Crippen molar-refractivity contribution in [1.29, 1.82) is 0 Å². The van der Waals surface area contributed by atoms with Crippen molar-refractivity contribution in [1.82, 2.24) is 0 Å². The van der Waals surface area contributed by atoms with Crippen LogP contribution in [0.2, 0.25) is 0 Å². The predicted octanol–water partition coefficient (Wildman–Crippen LogP) is 2.49. The SMILES string of the molecule is Cc1ccc(NC2CCOCC2)c([N+](=O)[O-])c1. The number of rotatable bonds is 3. The zero-order chi connectivity index (χ0) is 12.3. The van der Waals surface area contributed by atoms with Crippen LogP contribution in [-0.4, -0.2) is 24.2 Å². The molecule has 0 aromatic heterocycles. The second kappa shape index (κ2) is 5.14. The number of hydrogen-bond acceptors (Lipinski definition) is 4. The van der Waals surface area contributed by atoms with Crippen molar-refractivity contribution in [3.8, 4) is 0 Å². The molecule has 1 N–H and O–H groups in total. The Labute approximate surface area is 99.9 Å². The molecule has 1 fully saturated rings. The quantitative estimate of drug-likeness (QED) is 0.647. The van der Waals surface area contributed by atoms with Crippen LogP contribution in [0, 0.1) is 17.0 Å². The van der Waals surface area contributed by atoms with E-state index in [1.54, 1.807) is 12.1 Å². The highest BCUT2D eigenvalue weighted by molar-refractivity contribution is 5.62. The molecule has 0 spiro atoms. The van der Waals surface area contributed by atoms with Crippen LogP contribution in [0.3, 0.4) is 0 Å². The standard InChI is InChI=1S/C12H16N2O3/c1-9-2-3-11(12(8-9)14(15)16)13-10-4-6-17-7-5-10/h2-3,8,10,13H,4-7H2,1H3. The largest absolute Gasteiger partial charge is 0.381 e. The van der Waals surface area contributed by atoms with Crippen molar-refractivity contribution >= 4 is 11.4 Å². The fourth-order valence-corrected chi connectivity index (χ4v) is 1.98. The fraction of sp³-hybridized carbons (Fsp3) is 0.500. The third kappa shape index (κ3) is 2.94. The van der Waals surface area contributed by atoms with E-state index in [9.17, 15) is 10.1 Å². The summed E-state index contributed by atoms with van der Waals surface area (Å²) in [7, 11) is 0. The summed E-state index contributed by atoms with van der Waals surface area (Å²) in [4.78, 5) is 10.6. The Morgan fingerprint density at radius 2 is 2.12 bits per heavy atom. The van der Waals surface area contributed by atoms with Gasteiger partial charge in [0.2, 0.25) is 0 Å². The minimum atomic E-state index is -0.339. The van der Waals surface area contributed by atoms with Crippen LogP contribution < -0.4 is 5.32 Å². The lowest BCUT2D eigenvalue weighted by Crippen LogP contribution is -2.28. The van der Waals surface area contributed by atoms with Crippen molar-refractivity contribution in [2.24, 2.45) is 0 Å². The minimum absolute atomic E-state index is 0.150. The van der Waals surface area contributed by atoms with Crippen LogP contribution in [-0.2, 0) is 4.74 Å². The molecule has 2 rings (SSSR count). The molecule has 0 saturated carbocycles. The predicted molar refractivity (Wildman–Crippen MR) is 65.3 cm³/mol. The summed E-state index contributed by atoms with van der Waals surface area (Å²) in [6.07, 6.45) is 1.79. The molecule has 0 radical (unpaired) electrons. The lowest BCUT2D eigenvalue weighted by atomic mass is 10.1. The van der Waals surface area contributed by atoms with Crippen LogP contribution in [0.5, 0.6) is 0 Å². The van der Waals surface area contributed by atoms with Crippen molar-refractivity contribution in [2.75, 3.05) is 18.5 Å². The molecule has 0 atom stereocenters. The Hall–Kier alpha value is -1.62. The number of nitro benzene ring substituents is 1. The van der Waals surface area contributed by atoms with Gasteiger partial charge < -0.3 is 10.1 Å². The first-order valence-corrected chi connectivity index (χ1v) is 5.76. The zero-order valence-corrected chi connectivity index (χ0v) is 9.81. The molecule has 1 saturated heterocycles. The molecule has 5 heteroatoms. The van der Waals surface area contributed by atoms with E-state index >= 15 is 0 Å². The number of hydrogen-bond donors (Lipinski definition) is 1. The van der Waals surface area contributed by atoms with E-state index in [1.807, 2.05) is 13.0 Å². The number of benzene rings is 1. The highest BCUT2D eigenvalue weighted by Gasteiger charge is 2.19. The summed E-state index contributed by atoms with van der Waals surface area (Å²) in [6.45, 7) is 3.29. The van der Waals surface area contributed by atoms with E-state index in [-0.39, 0.29) is 16.7 Å². The Bertz CT molecular complexity index is 414. The van der Waals surface area contributed by atoms with Gasteiger partial charge in [-0.1, -0.05) is 6.07 Å². The molecular formula is C12H16N2O3. The van der Waals surface area contributed by atoms with Gasteiger partial charge in [-0.3, -0.25) is 10.1 Å². The number of nitrogens with one attached hydrogen (secondary N) is 1. The number of aryl methyl sites for hydroxylation is 1. The summed E-state index contributed by atoms with van der Waals surface area (Å²) < 4.78 is 5.26. The Balaban J connectivity index is 2.16. The summed E-state index contributed by atoms with van der Waals surface area (Å²) in [6, 6.07) is 5.53. The van der Waals surface area contributed by atoms with Gasteiger partial charge in [0, 0.05) is 25.3 Å². The molecule has 0 amide bonds. The second-order valence-electron chi connectivity index (χ2n) is 4.31. The van der Waals surface area contributed by atoms with Gasteiger partial charge in [-0.2, -0.15) is 0 Å². The number of nitrogens with zero attached hydrogens (tertiary/aromatic N) is 1. The Morgan fingerprint density at radius 3 is 2.76 bits per heavy atom.